The van der Waals surface area contributed by atoms with E-state index in [0.29, 0.717) is 6.54 Å². The van der Waals surface area contributed by atoms with E-state index >= 15 is 0 Å². The van der Waals surface area contributed by atoms with Crippen LogP contribution in [0, 0.1) is 13.8 Å². The fourth-order valence-electron chi connectivity index (χ4n) is 1.98. The lowest BCUT2D eigenvalue weighted by atomic mass is 10.0. The van der Waals surface area contributed by atoms with Crippen LogP contribution in [-0.2, 0) is 13.0 Å². The van der Waals surface area contributed by atoms with Crippen molar-refractivity contribution in [3.8, 4) is 0 Å². The molecule has 17 heavy (non-hydrogen) atoms. The SMILES string of the molecule is Cc1nc(C)n(Cc2ccccc2CCN)n1. The fraction of sp³-hybridized carbons (Fsp3) is 0.385. The summed E-state index contributed by atoms with van der Waals surface area (Å²) in [5.74, 6) is 1.77. The molecule has 4 nitrogen and oxygen atoms in total. The molecule has 0 unspecified atom stereocenters. The molecular weight excluding hydrogens is 212 g/mol. The first-order valence-electron chi connectivity index (χ1n) is 5.85. The van der Waals surface area contributed by atoms with Crippen LogP contribution in [0.5, 0.6) is 0 Å². The molecule has 2 rings (SSSR count). The van der Waals surface area contributed by atoms with Crippen LogP contribution in [0.3, 0.4) is 0 Å². The smallest absolute Gasteiger partial charge is 0.147 e. The molecule has 90 valence electrons. The Morgan fingerprint density at radius 1 is 1.18 bits per heavy atom. The van der Waals surface area contributed by atoms with Crippen LogP contribution in [0.4, 0.5) is 0 Å². The number of rotatable bonds is 4. The van der Waals surface area contributed by atoms with Crippen LogP contribution in [0.2, 0.25) is 0 Å². The third-order valence-electron chi connectivity index (χ3n) is 2.81. The maximum atomic E-state index is 5.62. The number of hydrogen-bond acceptors (Lipinski definition) is 3. The van der Waals surface area contributed by atoms with Gasteiger partial charge in [-0.3, -0.25) is 0 Å². The van der Waals surface area contributed by atoms with Crippen molar-refractivity contribution in [2.24, 2.45) is 5.73 Å². The van der Waals surface area contributed by atoms with Crippen LogP contribution in [-0.4, -0.2) is 21.3 Å². The third kappa shape index (κ3) is 2.71. The first kappa shape index (κ1) is 11.8. The zero-order valence-corrected chi connectivity index (χ0v) is 10.3. The van der Waals surface area contributed by atoms with Gasteiger partial charge in [-0.15, -0.1) is 0 Å². The number of benzene rings is 1. The zero-order valence-electron chi connectivity index (χ0n) is 10.3. The van der Waals surface area contributed by atoms with Gasteiger partial charge in [-0.25, -0.2) is 9.67 Å². The minimum absolute atomic E-state index is 0.673. The summed E-state index contributed by atoms with van der Waals surface area (Å²) in [5, 5.41) is 4.38. The van der Waals surface area contributed by atoms with Gasteiger partial charge in [-0.05, 0) is 37.9 Å². The lowest BCUT2D eigenvalue weighted by Gasteiger charge is -2.09. The molecule has 0 aliphatic heterocycles. The molecule has 0 bridgehead atoms. The number of hydrogen-bond donors (Lipinski definition) is 1. The van der Waals surface area contributed by atoms with Gasteiger partial charge in [0.25, 0.3) is 0 Å². The summed E-state index contributed by atoms with van der Waals surface area (Å²) in [6.07, 6.45) is 0.906. The van der Waals surface area contributed by atoms with Gasteiger partial charge in [-0.1, -0.05) is 24.3 Å². The normalized spacial score (nSPS) is 10.8. The van der Waals surface area contributed by atoms with Gasteiger partial charge in [0.05, 0.1) is 6.54 Å². The Labute approximate surface area is 101 Å². The molecule has 0 saturated carbocycles. The maximum Gasteiger partial charge on any atom is 0.147 e. The molecule has 2 aromatic rings. The van der Waals surface area contributed by atoms with Crippen LogP contribution in [0.15, 0.2) is 24.3 Å². The average molecular weight is 230 g/mol. The van der Waals surface area contributed by atoms with Crippen LogP contribution < -0.4 is 5.73 Å². The van der Waals surface area contributed by atoms with Gasteiger partial charge in [0, 0.05) is 0 Å². The molecule has 1 aromatic heterocycles. The Morgan fingerprint density at radius 3 is 2.47 bits per heavy atom. The first-order chi connectivity index (χ1) is 8.20. The number of nitrogens with two attached hydrogens (primary N) is 1. The first-order valence-corrected chi connectivity index (χ1v) is 5.85. The van der Waals surface area contributed by atoms with Gasteiger partial charge in [-0.2, -0.15) is 5.10 Å². The lowest BCUT2D eigenvalue weighted by Crippen LogP contribution is -2.09. The summed E-state index contributed by atoms with van der Waals surface area (Å²) in [5.41, 5.74) is 8.19. The fourth-order valence-corrected chi connectivity index (χ4v) is 1.98. The topological polar surface area (TPSA) is 56.7 Å². The van der Waals surface area contributed by atoms with Crippen LogP contribution in [0.25, 0.3) is 0 Å². The molecule has 2 N–H and O–H groups in total. The van der Waals surface area contributed by atoms with Crippen molar-refractivity contribution in [3.63, 3.8) is 0 Å². The van der Waals surface area contributed by atoms with Crippen molar-refractivity contribution in [2.75, 3.05) is 6.54 Å². The summed E-state index contributed by atoms with van der Waals surface area (Å²) >= 11 is 0. The monoisotopic (exact) mass is 230 g/mol. The molecule has 4 heteroatoms. The molecule has 0 atom stereocenters. The maximum absolute atomic E-state index is 5.62. The molecule has 0 amide bonds. The average Bonchev–Trinajstić information content (AvgIpc) is 2.61. The molecule has 1 heterocycles. The van der Waals surface area contributed by atoms with Crippen molar-refractivity contribution in [1.82, 2.24) is 14.8 Å². The van der Waals surface area contributed by atoms with E-state index in [4.69, 9.17) is 5.73 Å². The van der Waals surface area contributed by atoms with Gasteiger partial charge in [0.15, 0.2) is 0 Å². The molecule has 0 radical (unpaired) electrons. The van der Waals surface area contributed by atoms with Crippen LogP contribution in [0.1, 0.15) is 22.8 Å². The summed E-state index contributed by atoms with van der Waals surface area (Å²) < 4.78 is 1.94. The summed E-state index contributed by atoms with van der Waals surface area (Å²) in [7, 11) is 0. The zero-order chi connectivity index (χ0) is 12.3. The van der Waals surface area contributed by atoms with E-state index in [0.717, 1.165) is 24.6 Å². The number of aryl methyl sites for hydroxylation is 2. The Hall–Kier alpha value is -1.68. The molecule has 1 aromatic carbocycles. The van der Waals surface area contributed by atoms with E-state index in [-0.39, 0.29) is 0 Å². The van der Waals surface area contributed by atoms with Crippen molar-refractivity contribution in [3.05, 3.63) is 47.0 Å². The quantitative estimate of drug-likeness (QED) is 0.864. The van der Waals surface area contributed by atoms with Crippen molar-refractivity contribution in [2.45, 2.75) is 26.8 Å². The number of aromatic nitrogens is 3. The lowest BCUT2D eigenvalue weighted by molar-refractivity contribution is 0.651. The molecule has 0 spiro atoms. The largest absolute Gasteiger partial charge is 0.330 e. The second-order valence-corrected chi connectivity index (χ2v) is 4.17. The minimum atomic E-state index is 0.673. The van der Waals surface area contributed by atoms with E-state index in [1.807, 2.05) is 24.6 Å². The van der Waals surface area contributed by atoms with Gasteiger partial charge in [0.2, 0.25) is 0 Å². The second kappa shape index (κ2) is 5.10. The predicted octanol–water partition coefficient (Wildman–Crippen LogP) is 1.44. The molecule has 0 fully saturated rings. The van der Waals surface area contributed by atoms with Crippen molar-refractivity contribution >= 4 is 0 Å². The van der Waals surface area contributed by atoms with Gasteiger partial charge >= 0.3 is 0 Å². The van der Waals surface area contributed by atoms with E-state index in [1.165, 1.54) is 11.1 Å². The highest BCUT2D eigenvalue weighted by Gasteiger charge is 2.06. The van der Waals surface area contributed by atoms with Crippen molar-refractivity contribution in [1.29, 1.82) is 0 Å². The van der Waals surface area contributed by atoms with E-state index in [9.17, 15) is 0 Å². The van der Waals surface area contributed by atoms with E-state index < -0.39 is 0 Å². The summed E-state index contributed by atoms with van der Waals surface area (Å²) in [6.45, 7) is 5.33. The Balaban J connectivity index is 2.26. The highest BCUT2D eigenvalue weighted by molar-refractivity contribution is 5.27. The third-order valence-corrected chi connectivity index (χ3v) is 2.81. The Kier molecular flexibility index (Phi) is 3.54. The molecule has 0 aliphatic carbocycles. The molecular formula is C13H18N4. The second-order valence-electron chi connectivity index (χ2n) is 4.17. The Bertz CT molecular complexity index is 502. The van der Waals surface area contributed by atoms with Crippen LogP contribution >= 0.6 is 0 Å². The molecule has 0 saturated heterocycles. The number of nitrogens with zero attached hydrogens (tertiary/aromatic N) is 3. The predicted molar refractivity (Wildman–Crippen MR) is 67.8 cm³/mol. The van der Waals surface area contributed by atoms with E-state index in [1.54, 1.807) is 0 Å². The van der Waals surface area contributed by atoms with Gasteiger partial charge in [0.1, 0.15) is 11.6 Å². The summed E-state index contributed by atoms with van der Waals surface area (Å²) in [6, 6.07) is 8.35. The van der Waals surface area contributed by atoms with Gasteiger partial charge < -0.3 is 5.73 Å². The minimum Gasteiger partial charge on any atom is -0.330 e. The Morgan fingerprint density at radius 2 is 1.88 bits per heavy atom. The molecule has 0 aliphatic rings. The standard InChI is InChI=1S/C13H18N4/c1-10-15-11(2)17(16-10)9-13-6-4-3-5-12(13)7-8-14/h3-6H,7-9,14H2,1-2H3. The van der Waals surface area contributed by atoms with E-state index in [2.05, 4.69) is 28.3 Å². The highest BCUT2D eigenvalue weighted by Crippen LogP contribution is 2.11. The summed E-state index contributed by atoms with van der Waals surface area (Å²) in [4.78, 5) is 4.31. The van der Waals surface area contributed by atoms with Crippen molar-refractivity contribution < 1.29 is 0 Å². The highest BCUT2D eigenvalue weighted by atomic mass is 15.3.